The molecule has 0 radical (unpaired) electrons. The van der Waals surface area contributed by atoms with Crippen molar-refractivity contribution < 1.29 is 14.6 Å². The summed E-state index contributed by atoms with van der Waals surface area (Å²) in [6.45, 7) is 3.97. The Labute approximate surface area is 150 Å². The van der Waals surface area contributed by atoms with E-state index in [0.29, 0.717) is 18.7 Å². The van der Waals surface area contributed by atoms with E-state index < -0.39 is 4.92 Å². The van der Waals surface area contributed by atoms with Crippen LogP contribution < -0.4 is 4.90 Å². The minimum atomic E-state index is -0.466. The van der Waals surface area contributed by atoms with Crippen LogP contribution in [0.4, 0.5) is 5.69 Å². The molecule has 0 aliphatic carbocycles. The number of hydrogen-bond acceptors (Lipinski definition) is 3. The van der Waals surface area contributed by atoms with E-state index in [1.54, 1.807) is 0 Å². The molecule has 3 rings (SSSR count). The molecule has 0 aromatic heterocycles. The van der Waals surface area contributed by atoms with Crippen LogP contribution in [0.3, 0.4) is 0 Å². The molecule has 25 heavy (non-hydrogen) atoms. The molecule has 0 unspecified atom stereocenters. The van der Waals surface area contributed by atoms with Gasteiger partial charge in [0, 0.05) is 28.3 Å². The molecule has 6 nitrogen and oxygen atoms in total. The van der Waals surface area contributed by atoms with Crippen molar-refractivity contribution in [3.05, 3.63) is 74.8 Å². The van der Waals surface area contributed by atoms with Gasteiger partial charge in [-0.15, -0.1) is 0 Å². The Bertz CT molecular complexity index is 771. The Balaban J connectivity index is 1.56. The summed E-state index contributed by atoms with van der Waals surface area (Å²) < 4.78 is 0. The van der Waals surface area contributed by atoms with Crippen molar-refractivity contribution >= 4 is 23.2 Å². The van der Waals surface area contributed by atoms with Crippen molar-refractivity contribution in [1.29, 1.82) is 0 Å². The summed E-state index contributed by atoms with van der Waals surface area (Å²) in [7, 11) is 0. The summed E-state index contributed by atoms with van der Waals surface area (Å²) in [6, 6.07) is 13.6. The third kappa shape index (κ3) is 4.35. The largest absolute Gasteiger partial charge is 0.328 e. The predicted octanol–water partition coefficient (Wildman–Crippen LogP) is 1.79. The fourth-order valence-corrected chi connectivity index (χ4v) is 3.26. The summed E-state index contributed by atoms with van der Waals surface area (Å²) in [5.41, 5.74) is 1.67. The van der Waals surface area contributed by atoms with Gasteiger partial charge < -0.3 is 9.80 Å². The first-order valence-corrected chi connectivity index (χ1v) is 8.52. The van der Waals surface area contributed by atoms with Crippen molar-refractivity contribution in [3.8, 4) is 0 Å². The third-order valence-electron chi connectivity index (χ3n) is 4.43. The van der Waals surface area contributed by atoms with E-state index in [4.69, 9.17) is 11.6 Å². The summed E-state index contributed by atoms with van der Waals surface area (Å²) in [4.78, 5) is 26.0. The number of halogens is 1. The lowest BCUT2D eigenvalue weighted by Gasteiger charge is -2.32. The van der Waals surface area contributed by atoms with Crippen molar-refractivity contribution in [2.75, 3.05) is 26.2 Å². The maximum absolute atomic E-state index is 12.5. The average Bonchev–Trinajstić information content (AvgIpc) is 2.62. The normalized spacial score (nSPS) is 15.2. The van der Waals surface area contributed by atoms with Crippen molar-refractivity contribution in [3.63, 3.8) is 0 Å². The first kappa shape index (κ1) is 17.4. The van der Waals surface area contributed by atoms with Crippen LogP contribution in [-0.4, -0.2) is 41.9 Å². The molecule has 1 heterocycles. The standard InChI is InChI=1S/C18H18ClN3O3/c19-16-3-1-2-14(12-16)13-20-8-10-21(11-9-20)18(23)15-4-6-17(7-5-15)22(24)25/h1-7,12H,8-11,13H2/p+1. The number of nitro benzene ring substituents is 1. The number of quaternary nitrogens is 1. The van der Waals surface area contributed by atoms with E-state index in [9.17, 15) is 14.9 Å². The van der Waals surface area contributed by atoms with Crippen LogP contribution in [0, 0.1) is 10.1 Å². The lowest BCUT2D eigenvalue weighted by Crippen LogP contribution is -3.13. The maximum atomic E-state index is 12.5. The van der Waals surface area contributed by atoms with Crippen LogP contribution in [-0.2, 0) is 6.54 Å². The molecule has 0 atom stereocenters. The summed E-state index contributed by atoms with van der Waals surface area (Å²) >= 11 is 6.02. The minimum Gasteiger partial charge on any atom is -0.328 e. The van der Waals surface area contributed by atoms with Gasteiger partial charge in [-0.1, -0.05) is 23.7 Å². The molecule has 0 spiro atoms. The molecular weight excluding hydrogens is 342 g/mol. The second kappa shape index (κ2) is 7.63. The second-order valence-corrected chi connectivity index (χ2v) is 6.59. The topological polar surface area (TPSA) is 67.9 Å². The molecule has 7 heteroatoms. The molecule has 0 bridgehead atoms. The molecule has 1 amide bonds. The fraction of sp³-hybridized carbons (Fsp3) is 0.278. The smallest absolute Gasteiger partial charge is 0.269 e. The summed E-state index contributed by atoms with van der Waals surface area (Å²) in [6.07, 6.45) is 0. The highest BCUT2D eigenvalue weighted by Crippen LogP contribution is 2.14. The van der Waals surface area contributed by atoms with E-state index >= 15 is 0 Å². The average molecular weight is 361 g/mol. The first-order valence-electron chi connectivity index (χ1n) is 8.14. The molecule has 2 aromatic rings. The van der Waals surface area contributed by atoms with E-state index in [2.05, 4.69) is 6.07 Å². The van der Waals surface area contributed by atoms with Gasteiger partial charge in [-0.25, -0.2) is 0 Å². The first-order chi connectivity index (χ1) is 12.0. The zero-order chi connectivity index (χ0) is 17.8. The van der Waals surface area contributed by atoms with Gasteiger partial charge in [0.2, 0.25) is 0 Å². The van der Waals surface area contributed by atoms with Gasteiger partial charge in [0.25, 0.3) is 11.6 Å². The maximum Gasteiger partial charge on any atom is 0.269 e. The number of nitrogens with zero attached hydrogens (tertiary/aromatic N) is 2. The van der Waals surface area contributed by atoms with Gasteiger partial charge in [-0.2, -0.15) is 0 Å². The van der Waals surface area contributed by atoms with E-state index in [-0.39, 0.29) is 11.6 Å². The number of carbonyl (C=O) groups excluding carboxylic acids is 1. The molecule has 1 fully saturated rings. The van der Waals surface area contributed by atoms with Gasteiger partial charge in [0.1, 0.15) is 6.54 Å². The van der Waals surface area contributed by atoms with Crippen molar-refractivity contribution in [2.45, 2.75) is 6.54 Å². The molecule has 2 aromatic carbocycles. The van der Waals surface area contributed by atoms with Gasteiger partial charge in [0.05, 0.1) is 31.1 Å². The van der Waals surface area contributed by atoms with Crippen molar-refractivity contribution in [2.24, 2.45) is 0 Å². The number of nitro groups is 1. The van der Waals surface area contributed by atoms with Crippen LogP contribution >= 0.6 is 11.6 Å². The van der Waals surface area contributed by atoms with Gasteiger partial charge in [-0.3, -0.25) is 14.9 Å². The molecule has 1 aliphatic rings. The molecular formula is C18H19ClN3O3+. The summed E-state index contributed by atoms with van der Waals surface area (Å²) in [5, 5.41) is 11.4. The SMILES string of the molecule is O=C(c1ccc([N+](=O)[O-])cc1)N1CC[NH+](Cc2cccc(Cl)c2)CC1. The minimum absolute atomic E-state index is 0.00710. The number of hydrogen-bond donors (Lipinski definition) is 1. The van der Waals surface area contributed by atoms with Gasteiger partial charge >= 0.3 is 0 Å². The highest BCUT2D eigenvalue weighted by molar-refractivity contribution is 6.30. The van der Waals surface area contributed by atoms with Crippen LogP contribution in [0.15, 0.2) is 48.5 Å². The highest BCUT2D eigenvalue weighted by Gasteiger charge is 2.25. The lowest BCUT2D eigenvalue weighted by atomic mass is 10.1. The number of non-ortho nitro benzene ring substituents is 1. The third-order valence-corrected chi connectivity index (χ3v) is 4.66. The molecule has 1 N–H and O–H groups in total. The number of amides is 1. The number of benzene rings is 2. The monoisotopic (exact) mass is 360 g/mol. The number of nitrogens with one attached hydrogen (secondary N) is 1. The second-order valence-electron chi connectivity index (χ2n) is 6.15. The number of piperazine rings is 1. The van der Waals surface area contributed by atoms with Crippen LogP contribution in [0.5, 0.6) is 0 Å². The van der Waals surface area contributed by atoms with E-state index in [1.165, 1.54) is 34.7 Å². The molecule has 130 valence electrons. The molecule has 1 aliphatic heterocycles. The lowest BCUT2D eigenvalue weighted by molar-refractivity contribution is -0.917. The van der Waals surface area contributed by atoms with Crippen molar-refractivity contribution in [1.82, 2.24) is 4.90 Å². The van der Waals surface area contributed by atoms with Gasteiger partial charge in [0.15, 0.2) is 0 Å². The Morgan fingerprint density at radius 2 is 1.84 bits per heavy atom. The van der Waals surface area contributed by atoms with E-state index in [0.717, 1.165) is 24.7 Å². The highest BCUT2D eigenvalue weighted by atomic mass is 35.5. The van der Waals surface area contributed by atoms with Gasteiger partial charge in [-0.05, 0) is 24.3 Å². The Morgan fingerprint density at radius 3 is 2.44 bits per heavy atom. The number of rotatable bonds is 4. The molecule has 1 saturated heterocycles. The number of carbonyl (C=O) groups is 1. The predicted molar refractivity (Wildman–Crippen MR) is 94.9 cm³/mol. The van der Waals surface area contributed by atoms with Crippen LogP contribution in [0.25, 0.3) is 0 Å². The van der Waals surface area contributed by atoms with Crippen LogP contribution in [0.1, 0.15) is 15.9 Å². The Hall–Kier alpha value is -2.44. The fourth-order valence-electron chi connectivity index (χ4n) is 3.05. The summed E-state index contributed by atoms with van der Waals surface area (Å²) in [5.74, 6) is -0.0725. The quantitative estimate of drug-likeness (QED) is 0.667. The Morgan fingerprint density at radius 1 is 1.16 bits per heavy atom. The molecule has 0 saturated carbocycles. The zero-order valence-corrected chi connectivity index (χ0v) is 14.4. The zero-order valence-electron chi connectivity index (χ0n) is 13.7. The van der Waals surface area contributed by atoms with E-state index in [1.807, 2.05) is 23.1 Å². The Kier molecular flexibility index (Phi) is 5.31. The van der Waals surface area contributed by atoms with Crippen LogP contribution in [0.2, 0.25) is 5.02 Å².